The van der Waals surface area contributed by atoms with Crippen LogP contribution in [0.5, 0.6) is 11.5 Å². The van der Waals surface area contributed by atoms with Crippen LogP contribution in [0.3, 0.4) is 0 Å². The minimum absolute atomic E-state index is 0.621. The van der Waals surface area contributed by atoms with E-state index in [1.165, 1.54) is 0 Å². The first-order valence-electron chi connectivity index (χ1n) is 6.55. The molecule has 0 amide bonds. The number of aryl methyl sites for hydroxylation is 1. The molecule has 108 valence electrons. The van der Waals surface area contributed by atoms with Gasteiger partial charge in [0.1, 0.15) is 18.1 Å². The van der Waals surface area contributed by atoms with Crippen molar-refractivity contribution in [1.29, 1.82) is 0 Å². The van der Waals surface area contributed by atoms with Crippen LogP contribution in [0.25, 0.3) is 0 Å². The van der Waals surface area contributed by atoms with Crippen LogP contribution in [-0.2, 0) is 6.54 Å². The van der Waals surface area contributed by atoms with Gasteiger partial charge in [-0.1, -0.05) is 5.16 Å². The van der Waals surface area contributed by atoms with Gasteiger partial charge in [0.25, 0.3) is 0 Å². The predicted octanol–water partition coefficient (Wildman–Crippen LogP) is 2.50. The Morgan fingerprint density at radius 2 is 1.90 bits per heavy atom. The van der Waals surface area contributed by atoms with Gasteiger partial charge < -0.3 is 14.0 Å². The first kappa shape index (κ1) is 14.4. The fourth-order valence-electron chi connectivity index (χ4n) is 1.83. The van der Waals surface area contributed by atoms with Crippen molar-refractivity contribution in [3.63, 3.8) is 0 Å². The molecule has 2 aromatic rings. The van der Waals surface area contributed by atoms with Gasteiger partial charge in [0, 0.05) is 12.6 Å². The number of benzene rings is 1. The number of likely N-dealkylation sites (N-methyl/N-ethyl adjacent to an activating group) is 1. The molecule has 0 aliphatic heterocycles. The zero-order valence-electron chi connectivity index (χ0n) is 12.1. The summed E-state index contributed by atoms with van der Waals surface area (Å²) in [6.45, 7) is 4.08. The molecule has 0 fully saturated rings. The van der Waals surface area contributed by atoms with Gasteiger partial charge in [0.05, 0.1) is 19.3 Å². The molecule has 1 aromatic carbocycles. The Balaban J connectivity index is 1.71. The number of hydrogen-bond donors (Lipinski definition) is 0. The number of hydrogen-bond acceptors (Lipinski definition) is 5. The quantitative estimate of drug-likeness (QED) is 0.777. The maximum atomic E-state index is 5.68. The Morgan fingerprint density at radius 1 is 1.20 bits per heavy atom. The summed E-state index contributed by atoms with van der Waals surface area (Å²) >= 11 is 0. The lowest BCUT2D eigenvalue weighted by Crippen LogP contribution is -2.23. The van der Waals surface area contributed by atoms with Crippen LogP contribution in [-0.4, -0.2) is 37.4 Å². The molecular weight excluding hydrogens is 256 g/mol. The van der Waals surface area contributed by atoms with E-state index < -0.39 is 0 Å². The third-order valence-corrected chi connectivity index (χ3v) is 2.90. The molecule has 20 heavy (non-hydrogen) atoms. The smallest absolute Gasteiger partial charge is 0.150 e. The summed E-state index contributed by atoms with van der Waals surface area (Å²) in [5.74, 6) is 2.54. The van der Waals surface area contributed by atoms with E-state index in [1.807, 2.05) is 44.3 Å². The Morgan fingerprint density at radius 3 is 2.50 bits per heavy atom. The third kappa shape index (κ3) is 4.28. The standard InChI is InChI=1S/C15H20N2O3/c1-12-10-15(20-16-12)11-17(2)8-9-19-14-6-4-13(18-3)5-7-14/h4-7,10H,8-9,11H2,1-3H3. The molecule has 5 nitrogen and oxygen atoms in total. The van der Waals surface area contributed by atoms with E-state index in [-0.39, 0.29) is 0 Å². The zero-order valence-corrected chi connectivity index (χ0v) is 12.1. The van der Waals surface area contributed by atoms with Crippen molar-refractivity contribution < 1.29 is 14.0 Å². The van der Waals surface area contributed by atoms with Gasteiger partial charge in [0.2, 0.25) is 0 Å². The van der Waals surface area contributed by atoms with Gasteiger partial charge in [-0.25, -0.2) is 0 Å². The highest BCUT2D eigenvalue weighted by molar-refractivity contribution is 5.31. The minimum Gasteiger partial charge on any atom is -0.497 e. The van der Waals surface area contributed by atoms with Gasteiger partial charge in [-0.2, -0.15) is 0 Å². The average molecular weight is 276 g/mol. The molecule has 5 heteroatoms. The second-order valence-corrected chi connectivity index (χ2v) is 4.70. The van der Waals surface area contributed by atoms with E-state index >= 15 is 0 Å². The van der Waals surface area contributed by atoms with E-state index in [9.17, 15) is 0 Å². The predicted molar refractivity (Wildman–Crippen MR) is 76.1 cm³/mol. The van der Waals surface area contributed by atoms with Crippen molar-refractivity contribution >= 4 is 0 Å². The number of methoxy groups -OCH3 is 1. The van der Waals surface area contributed by atoms with E-state index in [1.54, 1.807) is 7.11 Å². The highest BCUT2D eigenvalue weighted by Gasteiger charge is 2.05. The number of ether oxygens (including phenoxy) is 2. The summed E-state index contributed by atoms with van der Waals surface area (Å²) in [6.07, 6.45) is 0. The largest absolute Gasteiger partial charge is 0.497 e. The Labute approximate surface area is 119 Å². The lowest BCUT2D eigenvalue weighted by atomic mass is 10.3. The fraction of sp³-hybridized carbons (Fsp3) is 0.400. The highest BCUT2D eigenvalue weighted by Crippen LogP contribution is 2.16. The summed E-state index contributed by atoms with van der Waals surface area (Å²) in [5.41, 5.74) is 0.905. The molecule has 0 aliphatic rings. The maximum absolute atomic E-state index is 5.68. The molecule has 1 aromatic heterocycles. The third-order valence-electron chi connectivity index (χ3n) is 2.90. The molecular formula is C15H20N2O3. The van der Waals surface area contributed by atoms with Gasteiger partial charge in [-0.15, -0.1) is 0 Å². The number of rotatable bonds is 7. The first-order valence-corrected chi connectivity index (χ1v) is 6.55. The Hall–Kier alpha value is -2.01. The van der Waals surface area contributed by atoms with Crippen LogP contribution in [0.15, 0.2) is 34.9 Å². The molecule has 2 rings (SSSR count). The summed E-state index contributed by atoms with van der Waals surface area (Å²) < 4.78 is 16.0. The Bertz CT molecular complexity index is 522. The molecule has 0 saturated heterocycles. The molecule has 0 aliphatic carbocycles. The molecule has 0 atom stereocenters. The summed E-state index contributed by atoms with van der Waals surface area (Å²) in [6, 6.07) is 9.52. The molecule has 0 bridgehead atoms. The topological polar surface area (TPSA) is 47.7 Å². The van der Waals surface area contributed by atoms with Crippen molar-refractivity contribution in [1.82, 2.24) is 10.1 Å². The van der Waals surface area contributed by atoms with Crippen LogP contribution in [0.4, 0.5) is 0 Å². The van der Waals surface area contributed by atoms with E-state index in [4.69, 9.17) is 14.0 Å². The summed E-state index contributed by atoms with van der Waals surface area (Å²) in [7, 11) is 3.67. The van der Waals surface area contributed by atoms with E-state index in [0.29, 0.717) is 6.61 Å². The van der Waals surface area contributed by atoms with Gasteiger partial charge in [0.15, 0.2) is 5.76 Å². The van der Waals surface area contributed by atoms with Gasteiger partial charge >= 0.3 is 0 Å². The number of aromatic nitrogens is 1. The van der Waals surface area contributed by atoms with E-state index in [0.717, 1.165) is 36.0 Å². The second kappa shape index (κ2) is 6.96. The van der Waals surface area contributed by atoms with Crippen LogP contribution < -0.4 is 9.47 Å². The number of nitrogens with zero attached hydrogens (tertiary/aromatic N) is 2. The van der Waals surface area contributed by atoms with Crippen LogP contribution >= 0.6 is 0 Å². The highest BCUT2D eigenvalue weighted by atomic mass is 16.5. The summed E-state index contributed by atoms with van der Waals surface area (Å²) in [5, 5.41) is 3.87. The monoisotopic (exact) mass is 276 g/mol. The molecule has 0 saturated carbocycles. The lowest BCUT2D eigenvalue weighted by Gasteiger charge is -2.15. The van der Waals surface area contributed by atoms with Crippen molar-refractivity contribution in [2.45, 2.75) is 13.5 Å². The molecule has 0 N–H and O–H groups in total. The lowest BCUT2D eigenvalue weighted by molar-refractivity contribution is 0.215. The van der Waals surface area contributed by atoms with Crippen LogP contribution in [0, 0.1) is 6.92 Å². The average Bonchev–Trinajstić information content (AvgIpc) is 2.85. The second-order valence-electron chi connectivity index (χ2n) is 4.70. The minimum atomic E-state index is 0.621. The Kier molecular flexibility index (Phi) is 5.01. The van der Waals surface area contributed by atoms with Gasteiger partial charge in [-0.3, -0.25) is 4.90 Å². The zero-order chi connectivity index (χ0) is 14.4. The van der Waals surface area contributed by atoms with Crippen molar-refractivity contribution in [2.75, 3.05) is 27.3 Å². The molecule has 0 radical (unpaired) electrons. The SMILES string of the molecule is COc1ccc(OCCN(C)Cc2cc(C)no2)cc1. The van der Waals surface area contributed by atoms with Gasteiger partial charge in [-0.05, 0) is 38.2 Å². The molecule has 1 heterocycles. The first-order chi connectivity index (χ1) is 9.67. The van der Waals surface area contributed by atoms with Crippen LogP contribution in [0.1, 0.15) is 11.5 Å². The van der Waals surface area contributed by atoms with Crippen LogP contribution in [0.2, 0.25) is 0 Å². The van der Waals surface area contributed by atoms with Crippen molar-refractivity contribution in [3.05, 3.63) is 41.8 Å². The molecule has 0 unspecified atom stereocenters. The fourth-order valence-corrected chi connectivity index (χ4v) is 1.83. The normalized spacial score (nSPS) is 10.8. The van der Waals surface area contributed by atoms with Crippen molar-refractivity contribution in [2.24, 2.45) is 0 Å². The maximum Gasteiger partial charge on any atom is 0.150 e. The summed E-state index contributed by atoms with van der Waals surface area (Å²) in [4.78, 5) is 2.13. The molecule has 0 spiro atoms. The van der Waals surface area contributed by atoms with E-state index in [2.05, 4.69) is 10.1 Å². The van der Waals surface area contributed by atoms with Crippen molar-refractivity contribution in [3.8, 4) is 11.5 Å².